The number of hydrogen-bond donors (Lipinski definition) is 1. The van der Waals surface area contributed by atoms with E-state index in [1.807, 2.05) is 30.3 Å². The molecule has 0 aliphatic carbocycles. The number of hydrazone groups is 1. The van der Waals surface area contributed by atoms with Crippen molar-refractivity contribution in [3.8, 4) is 5.75 Å². The monoisotopic (exact) mass is 322 g/mol. The van der Waals surface area contributed by atoms with Crippen LogP contribution in [0, 0.1) is 0 Å². The van der Waals surface area contributed by atoms with Crippen LogP contribution >= 0.6 is 0 Å². The molecule has 0 unspecified atom stereocenters. The molecule has 0 aliphatic rings. The van der Waals surface area contributed by atoms with Crippen molar-refractivity contribution >= 4 is 12.1 Å². The van der Waals surface area contributed by atoms with E-state index in [1.54, 1.807) is 0 Å². The fraction of sp³-hybridized carbons (Fsp3) is 0.125. The number of alkyl halides is 3. The van der Waals surface area contributed by atoms with Crippen molar-refractivity contribution in [2.24, 2.45) is 5.10 Å². The van der Waals surface area contributed by atoms with Crippen molar-refractivity contribution in [3.63, 3.8) is 0 Å². The number of nitrogens with one attached hydrogen (secondary N) is 1. The second kappa shape index (κ2) is 7.44. The molecule has 0 saturated carbocycles. The number of ether oxygens (including phenoxy) is 1. The van der Waals surface area contributed by atoms with Gasteiger partial charge in [-0.25, -0.2) is 5.43 Å². The molecule has 0 fully saturated rings. The van der Waals surface area contributed by atoms with Crippen LogP contribution in [0.25, 0.3) is 0 Å². The maximum absolute atomic E-state index is 12.0. The summed E-state index contributed by atoms with van der Waals surface area (Å²) in [4.78, 5) is 11.6. The van der Waals surface area contributed by atoms with Crippen LogP contribution in [-0.2, 0) is 11.2 Å². The van der Waals surface area contributed by atoms with E-state index in [-0.39, 0.29) is 18.1 Å². The highest BCUT2D eigenvalue weighted by Crippen LogP contribution is 2.22. The third-order valence-corrected chi connectivity index (χ3v) is 2.72. The van der Waals surface area contributed by atoms with Gasteiger partial charge >= 0.3 is 6.36 Å². The fourth-order valence-corrected chi connectivity index (χ4v) is 1.76. The number of carbonyl (C=O) groups excluding carboxylic acids is 1. The van der Waals surface area contributed by atoms with E-state index in [2.05, 4.69) is 15.3 Å². The van der Waals surface area contributed by atoms with Gasteiger partial charge in [0.25, 0.3) is 0 Å². The van der Waals surface area contributed by atoms with Crippen LogP contribution in [0.1, 0.15) is 11.1 Å². The molecular weight excluding hydrogens is 309 g/mol. The van der Waals surface area contributed by atoms with E-state index in [0.717, 1.165) is 5.56 Å². The topological polar surface area (TPSA) is 50.7 Å². The molecule has 23 heavy (non-hydrogen) atoms. The predicted molar refractivity (Wildman–Crippen MR) is 79.0 cm³/mol. The van der Waals surface area contributed by atoms with E-state index >= 15 is 0 Å². The largest absolute Gasteiger partial charge is 0.573 e. The molecule has 2 aromatic carbocycles. The maximum Gasteiger partial charge on any atom is 0.573 e. The lowest BCUT2D eigenvalue weighted by Gasteiger charge is -2.08. The van der Waals surface area contributed by atoms with Crippen LogP contribution in [0.2, 0.25) is 0 Å². The van der Waals surface area contributed by atoms with Crippen molar-refractivity contribution in [2.75, 3.05) is 0 Å². The van der Waals surface area contributed by atoms with E-state index in [1.165, 1.54) is 30.5 Å². The molecule has 0 aliphatic heterocycles. The van der Waals surface area contributed by atoms with Gasteiger partial charge in [-0.15, -0.1) is 13.2 Å². The summed E-state index contributed by atoms with van der Waals surface area (Å²) in [7, 11) is 0. The highest BCUT2D eigenvalue weighted by Gasteiger charge is 2.30. The van der Waals surface area contributed by atoms with Gasteiger partial charge in [0.05, 0.1) is 12.6 Å². The Balaban J connectivity index is 1.84. The van der Waals surface area contributed by atoms with Crippen molar-refractivity contribution in [3.05, 3.63) is 65.7 Å². The first kappa shape index (κ1) is 16.5. The van der Waals surface area contributed by atoms with Crippen molar-refractivity contribution in [1.29, 1.82) is 0 Å². The summed E-state index contributed by atoms with van der Waals surface area (Å²) >= 11 is 0. The lowest BCUT2D eigenvalue weighted by Crippen LogP contribution is -2.19. The number of hydrogen-bond acceptors (Lipinski definition) is 3. The zero-order chi connectivity index (χ0) is 16.7. The SMILES string of the molecule is O=C(Cc1ccccc1)N/N=C\c1ccc(OC(F)(F)F)cc1. The first-order valence-electron chi connectivity index (χ1n) is 6.64. The first-order valence-corrected chi connectivity index (χ1v) is 6.64. The minimum atomic E-state index is -4.72. The predicted octanol–water partition coefficient (Wildman–Crippen LogP) is 3.28. The first-order chi connectivity index (χ1) is 10.9. The third-order valence-electron chi connectivity index (χ3n) is 2.72. The molecule has 120 valence electrons. The van der Waals surface area contributed by atoms with Crippen LogP contribution in [-0.4, -0.2) is 18.5 Å². The quantitative estimate of drug-likeness (QED) is 0.678. The Hall–Kier alpha value is -2.83. The van der Waals surface area contributed by atoms with Crippen molar-refractivity contribution < 1.29 is 22.7 Å². The normalized spacial score (nSPS) is 11.4. The summed E-state index contributed by atoms with van der Waals surface area (Å²) < 4.78 is 39.8. The second-order valence-electron chi connectivity index (χ2n) is 4.57. The minimum Gasteiger partial charge on any atom is -0.406 e. The molecule has 4 nitrogen and oxygen atoms in total. The van der Waals surface area contributed by atoms with Crippen LogP contribution in [0.5, 0.6) is 5.75 Å². The summed E-state index contributed by atoms with van der Waals surface area (Å²) in [6.07, 6.45) is -3.20. The molecule has 7 heteroatoms. The summed E-state index contributed by atoms with van der Waals surface area (Å²) in [5.74, 6) is -0.604. The molecule has 1 amide bonds. The third kappa shape index (κ3) is 6.21. The molecule has 0 aromatic heterocycles. The Kier molecular flexibility index (Phi) is 5.35. The fourth-order valence-electron chi connectivity index (χ4n) is 1.76. The van der Waals surface area contributed by atoms with E-state index in [0.29, 0.717) is 5.56 Å². The second-order valence-corrected chi connectivity index (χ2v) is 4.57. The maximum atomic E-state index is 12.0. The zero-order valence-electron chi connectivity index (χ0n) is 11.9. The van der Waals surface area contributed by atoms with Crippen molar-refractivity contribution in [1.82, 2.24) is 5.43 Å². The Morgan fingerprint density at radius 3 is 2.35 bits per heavy atom. The summed E-state index contributed by atoms with van der Waals surface area (Å²) in [5.41, 5.74) is 3.73. The molecule has 0 atom stereocenters. The Morgan fingerprint density at radius 1 is 1.09 bits per heavy atom. The lowest BCUT2D eigenvalue weighted by molar-refractivity contribution is -0.274. The lowest BCUT2D eigenvalue weighted by atomic mass is 10.1. The highest BCUT2D eigenvalue weighted by atomic mass is 19.4. The smallest absolute Gasteiger partial charge is 0.406 e. The Labute approximate surface area is 130 Å². The molecule has 1 N–H and O–H groups in total. The molecule has 2 rings (SSSR count). The van der Waals surface area contributed by atoms with Gasteiger partial charge in [0.1, 0.15) is 5.75 Å². The van der Waals surface area contributed by atoms with Gasteiger partial charge in [-0.3, -0.25) is 4.79 Å². The molecule has 0 saturated heterocycles. The van der Waals surface area contributed by atoms with Crippen LogP contribution in [0.15, 0.2) is 59.7 Å². The van der Waals surface area contributed by atoms with E-state index in [9.17, 15) is 18.0 Å². The Bertz CT molecular complexity index is 668. The number of benzene rings is 2. The Morgan fingerprint density at radius 2 is 1.74 bits per heavy atom. The van der Waals surface area contributed by atoms with Crippen molar-refractivity contribution in [2.45, 2.75) is 12.8 Å². The number of nitrogens with zero attached hydrogens (tertiary/aromatic N) is 1. The molecule has 0 bridgehead atoms. The molecule has 2 aromatic rings. The molecular formula is C16H13F3N2O2. The van der Waals surface area contributed by atoms with Crippen LogP contribution in [0.3, 0.4) is 0 Å². The van der Waals surface area contributed by atoms with Gasteiger partial charge in [-0.2, -0.15) is 5.10 Å². The standard InChI is InChI=1S/C16H13F3N2O2/c17-16(18,19)23-14-8-6-13(7-9-14)11-20-21-15(22)10-12-4-2-1-3-5-12/h1-9,11H,10H2,(H,21,22)/b20-11-. The average molecular weight is 322 g/mol. The molecule has 0 radical (unpaired) electrons. The van der Waals surface area contributed by atoms with E-state index in [4.69, 9.17) is 0 Å². The average Bonchev–Trinajstić information content (AvgIpc) is 2.48. The summed E-state index contributed by atoms with van der Waals surface area (Å²) in [5, 5.41) is 3.75. The highest BCUT2D eigenvalue weighted by molar-refractivity contribution is 5.83. The number of halogens is 3. The van der Waals surface area contributed by atoms with Gasteiger partial charge in [-0.05, 0) is 35.4 Å². The van der Waals surface area contributed by atoms with Gasteiger partial charge in [0.15, 0.2) is 0 Å². The number of amides is 1. The zero-order valence-corrected chi connectivity index (χ0v) is 11.9. The molecule has 0 spiro atoms. The van der Waals surface area contributed by atoms with Crippen LogP contribution < -0.4 is 10.2 Å². The van der Waals surface area contributed by atoms with E-state index < -0.39 is 6.36 Å². The number of rotatable bonds is 5. The van der Waals surface area contributed by atoms with Gasteiger partial charge in [-0.1, -0.05) is 30.3 Å². The van der Waals surface area contributed by atoms with Crippen LogP contribution in [0.4, 0.5) is 13.2 Å². The van der Waals surface area contributed by atoms with Gasteiger partial charge < -0.3 is 4.74 Å². The van der Waals surface area contributed by atoms with Gasteiger partial charge in [0, 0.05) is 0 Å². The van der Waals surface area contributed by atoms with Gasteiger partial charge in [0.2, 0.25) is 5.91 Å². The summed E-state index contributed by atoms with van der Waals surface area (Å²) in [6, 6.07) is 14.3. The molecule has 0 heterocycles. The summed E-state index contributed by atoms with van der Waals surface area (Å²) in [6.45, 7) is 0. The number of carbonyl (C=O) groups is 1. The minimum absolute atomic E-state index is 0.191.